The smallest absolute Gasteiger partial charge is 0.0593 e. The average Bonchev–Trinajstić information content (AvgIpc) is 2.74. The minimum absolute atomic E-state index is 0.364. The molecule has 1 aliphatic heterocycles. The van der Waals surface area contributed by atoms with Crippen LogP contribution in [0.3, 0.4) is 0 Å². The first kappa shape index (κ1) is 19.1. The molecule has 22 heavy (non-hydrogen) atoms. The van der Waals surface area contributed by atoms with E-state index in [9.17, 15) is 0 Å². The molecular weight excluding hydrogens is 274 g/mol. The number of nitrogens with zero attached hydrogens (tertiary/aromatic N) is 2. The topological polar surface area (TPSA) is 37.4 Å². The van der Waals surface area contributed by atoms with Gasteiger partial charge in [-0.25, -0.2) is 0 Å². The molecule has 0 saturated carbocycles. The van der Waals surface area contributed by atoms with E-state index in [1.165, 1.54) is 18.5 Å². The number of ether oxygens (including phenoxy) is 1. The van der Waals surface area contributed by atoms with Crippen LogP contribution in [0.2, 0.25) is 0 Å². The van der Waals surface area contributed by atoms with Gasteiger partial charge >= 0.3 is 0 Å². The Labute approximate surface area is 136 Å². The summed E-state index contributed by atoms with van der Waals surface area (Å²) in [5.74, 6) is 0. The molecule has 0 aliphatic carbocycles. The fourth-order valence-electron chi connectivity index (χ4n) is 2.41. The summed E-state index contributed by atoms with van der Waals surface area (Å²) in [6, 6.07) is 4.11. The number of pyridine rings is 1. The third kappa shape index (κ3) is 9.87. The van der Waals surface area contributed by atoms with Gasteiger partial charge in [0.05, 0.1) is 6.61 Å². The van der Waals surface area contributed by atoms with Crippen molar-refractivity contribution in [2.75, 3.05) is 46.4 Å². The van der Waals surface area contributed by atoms with Crippen molar-refractivity contribution in [3.05, 3.63) is 30.1 Å². The third-order valence-corrected chi connectivity index (χ3v) is 3.45. The fraction of sp³-hybridized carbons (Fsp3) is 0.722. The maximum atomic E-state index is 5.34. The molecule has 0 radical (unpaired) electrons. The van der Waals surface area contributed by atoms with Crippen LogP contribution in [0.1, 0.15) is 32.8 Å². The van der Waals surface area contributed by atoms with E-state index in [1.807, 2.05) is 25.5 Å². The monoisotopic (exact) mass is 307 g/mol. The maximum Gasteiger partial charge on any atom is 0.0593 e. The number of likely N-dealkylation sites (N-methyl/N-ethyl adjacent to an activating group) is 1. The number of hydrogen-bond donors (Lipinski definition) is 1. The molecule has 2 rings (SSSR count). The Morgan fingerprint density at radius 1 is 1.27 bits per heavy atom. The van der Waals surface area contributed by atoms with Crippen molar-refractivity contribution in [3.8, 4) is 0 Å². The Morgan fingerprint density at radius 3 is 2.73 bits per heavy atom. The van der Waals surface area contributed by atoms with Gasteiger partial charge in [-0.3, -0.25) is 9.88 Å². The molecule has 4 heteroatoms. The zero-order chi connectivity index (χ0) is 16.3. The molecule has 1 fully saturated rings. The van der Waals surface area contributed by atoms with Crippen LogP contribution < -0.4 is 5.32 Å². The van der Waals surface area contributed by atoms with Gasteiger partial charge in [-0.15, -0.1) is 0 Å². The van der Waals surface area contributed by atoms with Crippen LogP contribution in [-0.4, -0.2) is 56.3 Å². The van der Waals surface area contributed by atoms with Gasteiger partial charge in [-0.05, 0) is 36.9 Å². The van der Waals surface area contributed by atoms with Gasteiger partial charge in [0.1, 0.15) is 0 Å². The van der Waals surface area contributed by atoms with E-state index in [4.69, 9.17) is 4.74 Å². The minimum atomic E-state index is 0.364. The summed E-state index contributed by atoms with van der Waals surface area (Å²) < 4.78 is 5.34. The van der Waals surface area contributed by atoms with Gasteiger partial charge in [0.25, 0.3) is 0 Å². The Kier molecular flexibility index (Phi) is 9.28. The van der Waals surface area contributed by atoms with Crippen molar-refractivity contribution in [2.24, 2.45) is 5.41 Å². The lowest BCUT2D eigenvalue weighted by atomic mass is 9.89. The predicted molar refractivity (Wildman–Crippen MR) is 93.2 cm³/mol. The van der Waals surface area contributed by atoms with Crippen molar-refractivity contribution in [1.29, 1.82) is 0 Å². The minimum Gasteiger partial charge on any atom is -0.380 e. The van der Waals surface area contributed by atoms with Crippen molar-refractivity contribution < 1.29 is 4.74 Å². The van der Waals surface area contributed by atoms with E-state index in [1.54, 1.807) is 0 Å². The van der Waals surface area contributed by atoms with Crippen molar-refractivity contribution in [1.82, 2.24) is 15.2 Å². The van der Waals surface area contributed by atoms with Crippen LogP contribution in [-0.2, 0) is 11.2 Å². The lowest BCUT2D eigenvalue weighted by molar-refractivity contribution is 0.141. The summed E-state index contributed by atoms with van der Waals surface area (Å²) in [6.07, 6.45) is 6.03. The Bertz CT molecular complexity index is 368. The van der Waals surface area contributed by atoms with Crippen LogP contribution in [0.15, 0.2) is 24.5 Å². The number of rotatable bonds is 4. The Morgan fingerprint density at radius 2 is 2.09 bits per heavy atom. The van der Waals surface area contributed by atoms with Crippen LogP contribution in [0.5, 0.6) is 0 Å². The normalized spacial score (nSPS) is 16.5. The molecule has 2 heterocycles. The van der Waals surface area contributed by atoms with E-state index in [-0.39, 0.29) is 0 Å². The fourth-order valence-corrected chi connectivity index (χ4v) is 2.41. The molecule has 1 aromatic heterocycles. The second-order valence-electron chi connectivity index (χ2n) is 7.01. The van der Waals surface area contributed by atoms with Gasteiger partial charge in [0.2, 0.25) is 0 Å². The quantitative estimate of drug-likeness (QED) is 0.928. The molecule has 0 aromatic carbocycles. The van der Waals surface area contributed by atoms with Gasteiger partial charge in [0, 0.05) is 45.2 Å². The highest BCUT2D eigenvalue weighted by Crippen LogP contribution is 2.19. The van der Waals surface area contributed by atoms with E-state index in [0.717, 1.165) is 39.3 Å². The maximum absolute atomic E-state index is 5.34. The molecular formula is C18H33N3O. The predicted octanol–water partition coefficient (Wildman–Crippen LogP) is 2.60. The average molecular weight is 307 g/mol. The van der Waals surface area contributed by atoms with E-state index in [2.05, 4.69) is 42.0 Å². The SMILES string of the molecule is CC(C)(C)Cc1cccnc1.CNCCN1CCCOCC1. The van der Waals surface area contributed by atoms with Gasteiger partial charge < -0.3 is 10.1 Å². The van der Waals surface area contributed by atoms with E-state index >= 15 is 0 Å². The molecule has 1 N–H and O–H groups in total. The molecule has 0 unspecified atom stereocenters. The molecule has 1 saturated heterocycles. The Hall–Kier alpha value is -0.970. The highest BCUT2D eigenvalue weighted by Gasteiger charge is 2.10. The zero-order valence-corrected chi connectivity index (χ0v) is 14.8. The third-order valence-electron chi connectivity index (χ3n) is 3.45. The first-order valence-corrected chi connectivity index (χ1v) is 8.35. The summed E-state index contributed by atoms with van der Waals surface area (Å²) in [5, 5.41) is 3.15. The first-order chi connectivity index (χ1) is 10.5. The molecule has 0 amide bonds. The standard InChI is InChI=1S/C10H15N.C8H18N2O/c1-10(2,3)7-9-5-4-6-11-8-9;1-9-3-5-10-4-2-7-11-8-6-10/h4-6,8H,7H2,1-3H3;9H,2-8H2,1H3. The summed E-state index contributed by atoms with van der Waals surface area (Å²) in [4.78, 5) is 6.52. The zero-order valence-electron chi connectivity index (χ0n) is 14.8. The molecule has 1 aliphatic rings. The summed E-state index contributed by atoms with van der Waals surface area (Å²) in [7, 11) is 1.99. The van der Waals surface area contributed by atoms with Gasteiger partial charge in [0.15, 0.2) is 0 Å². The first-order valence-electron chi connectivity index (χ1n) is 8.35. The summed E-state index contributed by atoms with van der Waals surface area (Å²) in [6.45, 7) is 13.1. The lowest BCUT2D eigenvalue weighted by Crippen LogP contribution is -2.32. The van der Waals surface area contributed by atoms with Crippen molar-refractivity contribution >= 4 is 0 Å². The Balaban J connectivity index is 0.000000220. The van der Waals surface area contributed by atoms with Gasteiger partial charge in [-0.1, -0.05) is 26.8 Å². The van der Waals surface area contributed by atoms with Crippen LogP contribution in [0.25, 0.3) is 0 Å². The summed E-state index contributed by atoms with van der Waals surface area (Å²) in [5.41, 5.74) is 1.68. The highest BCUT2D eigenvalue weighted by atomic mass is 16.5. The highest BCUT2D eigenvalue weighted by molar-refractivity contribution is 5.09. The number of hydrogen-bond acceptors (Lipinski definition) is 4. The number of nitrogens with one attached hydrogen (secondary N) is 1. The van der Waals surface area contributed by atoms with Gasteiger partial charge in [-0.2, -0.15) is 0 Å². The largest absolute Gasteiger partial charge is 0.380 e. The van der Waals surface area contributed by atoms with Crippen molar-refractivity contribution in [3.63, 3.8) is 0 Å². The molecule has 126 valence electrons. The second kappa shape index (κ2) is 10.7. The van der Waals surface area contributed by atoms with E-state index < -0.39 is 0 Å². The molecule has 0 bridgehead atoms. The van der Waals surface area contributed by atoms with Crippen LogP contribution >= 0.6 is 0 Å². The molecule has 4 nitrogen and oxygen atoms in total. The second-order valence-corrected chi connectivity index (χ2v) is 7.01. The van der Waals surface area contributed by atoms with E-state index in [0.29, 0.717) is 5.41 Å². The summed E-state index contributed by atoms with van der Waals surface area (Å²) >= 11 is 0. The molecule has 1 aromatic rings. The van der Waals surface area contributed by atoms with Crippen molar-refractivity contribution in [2.45, 2.75) is 33.6 Å². The lowest BCUT2D eigenvalue weighted by Gasteiger charge is -2.18. The van der Waals surface area contributed by atoms with Crippen LogP contribution in [0.4, 0.5) is 0 Å². The van der Waals surface area contributed by atoms with Crippen LogP contribution in [0, 0.1) is 5.41 Å². The molecule has 0 atom stereocenters. The molecule has 0 spiro atoms. The number of aromatic nitrogens is 1.